The van der Waals surface area contributed by atoms with Crippen molar-refractivity contribution in [3.05, 3.63) is 17.4 Å². The lowest BCUT2D eigenvalue weighted by atomic mass is 10.6. The van der Waals surface area contributed by atoms with Gasteiger partial charge in [-0.25, -0.2) is 5.01 Å². The summed E-state index contributed by atoms with van der Waals surface area (Å²) < 4.78 is 18.8. The number of hydrogen-bond acceptors (Lipinski definition) is 3. The van der Waals surface area contributed by atoms with Gasteiger partial charge in [0, 0.05) is 0 Å². The van der Waals surface area contributed by atoms with Crippen molar-refractivity contribution in [2.45, 2.75) is 0 Å². The van der Waals surface area contributed by atoms with Crippen LogP contribution in [0.25, 0.3) is 0 Å². The lowest BCUT2D eigenvalue weighted by molar-refractivity contribution is 0.175. The minimum absolute atomic E-state index is 0.171. The van der Waals surface area contributed by atoms with E-state index in [0.29, 0.717) is 5.01 Å². The first-order valence-corrected chi connectivity index (χ1v) is 2.08. The number of nitroso groups, excluding NO2 is 1. The molecule has 1 rings (SSSR count). The van der Waals surface area contributed by atoms with E-state index in [1.165, 1.54) is 6.26 Å². The number of nitrogens with zero attached hydrogens (tertiary/aromatic N) is 2. The van der Waals surface area contributed by atoms with Gasteiger partial charge >= 0.3 is 0 Å². The SMILES string of the molecule is [2H]C1([2H])COC=CN1N=O. The normalized spacial score (nSPS) is 27.8. The minimum atomic E-state index is -1.81. The molecule has 1 aliphatic heterocycles. The summed E-state index contributed by atoms with van der Waals surface area (Å²) in [5.74, 6) is 0. The first-order chi connectivity index (χ1) is 4.67. The highest BCUT2D eigenvalue weighted by molar-refractivity contribution is 4.76. The molecule has 1 aliphatic rings. The van der Waals surface area contributed by atoms with Gasteiger partial charge in [-0.1, -0.05) is 0 Å². The molecular formula is C4H6N2O2. The summed E-state index contributed by atoms with van der Waals surface area (Å²) in [5, 5.41) is 3.12. The molecule has 0 N–H and O–H groups in total. The maximum atomic E-state index is 9.90. The van der Waals surface area contributed by atoms with Crippen LogP contribution in [-0.4, -0.2) is 18.1 Å². The van der Waals surface area contributed by atoms with Crippen molar-refractivity contribution >= 4 is 0 Å². The van der Waals surface area contributed by atoms with Crippen molar-refractivity contribution in [1.82, 2.24) is 5.01 Å². The molecule has 44 valence electrons. The van der Waals surface area contributed by atoms with Crippen LogP contribution in [0.3, 0.4) is 0 Å². The van der Waals surface area contributed by atoms with Gasteiger partial charge < -0.3 is 4.74 Å². The van der Waals surface area contributed by atoms with Crippen LogP contribution in [0.1, 0.15) is 2.74 Å². The highest BCUT2D eigenvalue weighted by Crippen LogP contribution is 1.96. The zero-order valence-corrected chi connectivity index (χ0v) is 4.07. The van der Waals surface area contributed by atoms with Crippen molar-refractivity contribution in [2.24, 2.45) is 5.29 Å². The molecule has 0 saturated heterocycles. The molecule has 8 heavy (non-hydrogen) atoms. The second kappa shape index (κ2) is 2.30. The largest absolute Gasteiger partial charge is 0.498 e. The molecule has 0 unspecified atom stereocenters. The fourth-order valence-electron chi connectivity index (χ4n) is 0.361. The summed E-state index contributed by atoms with van der Waals surface area (Å²) in [5.41, 5.74) is 0. The summed E-state index contributed by atoms with van der Waals surface area (Å²) in [6.45, 7) is -1.98. The van der Waals surface area contributed by atoms with E-state index in [4.69, 9.17) is 2.74 Å². The molecule has 0 amide bonds. The van der Waals surface area contributed by atoms with E-state index in [9.17, 15) is 4.91 Å². The second-order valence-corrected chi connectivity index (χ2v) is 1.18. The summed E-state index contributed by atoms with van der Waals surface area (Å²) in [7, 11) is 0. The third-order valence-electron chi connectivity index (χ3n) is 0.696. The Labute approximate surface area is 49.5 Å². The highest BCUT2D eigenvalue weighted by Gasteiger charge is 2.00. The van der Waals surface area contributed by atoms with E-state index in [-0.39, 0.29) is 6.61 Å². The van der Waals surface area contributed by atoms with E-state index in [0.717, 1.165) is 6.20 Å². The molecule has 0 saturated carbocycles. The molecule has 0 aromatic rings. The Hall–Kier alpha value is -1.06. The van der Waals surface area contributed by atoms with E-state index < -0.39 is 6.50 Å². The molecule has 4 nitrogen and oxygen atoms in total. The predicted octanol–water partition coefficient (Wildman–Crippen LogP) is 0.471. The smallest absolute Gasteiger partial charge is 0.107 e. The molecule has 0 spiro atoms. The van der Waals surface area contributed by atoms with Gasteiger partial charge in [-0.05, 0) is 0 Å². The molecule has 0 atom stereocenters. The molecule has 1 heterocycles. The Balaban J connectivity index is 2.75. The monoisotopic (exact) mass is 116 g/mol. The lowest BCUT2D eigenvalue weighted by Crippen LogP contribution is -2.18. The van der Waals surface area contributed by atoms with Crippen molar-refractivity contribution in [2.75, 3.05) is 13.1 Å². The Morgan fingerprint density at radius 1 is 2.00 bits per heavy atom. The molecule has 0 aromatic carbocycles. The van der Waals surface area contributed by atoms with Gasteiger partial charge in [0.25, 0.3) is 0 Å². The summed E-state index contributed by atoms with van der Waals surface area (Å²) in [6, 6.07) is 0. The van der Waals surface area contributed by atoms with Gasteiger partial charge in [-0.15, -0.1) is 4.91 Å². The predicted molar refractivity (Wildman–Crippen MR) is 27.6 cm³/mol. The van der Waals surface area contributed by atoms with Crippen LogP contribution in [0.15, 0.2) is 17.7 Å². The van der Waals surface area contributed by atoms with Crippen LogP contribution < -0.4 is 0 Å². The molecule has 4 heteroatoms. The van der Waals surface area contributed by atoms with E-state index in [1.54, 1.807) is 0 Å². The van der Waals surface area contributed by atoms with E-state index in [1.807, 2.05) is 0 Å². The third-order valence-corrected chi connectivity index (χ3v) is 0.696. The molecule has 0 aromatic heterocycles. The van der Waals surface area contributed by atoms with Crippen molar-refractivity contribution < 1.29 is 7.48 Å². The van der Waals surface area contributed by atoms with Gasteiger partial charge in [-0.3, -0.25) is 0 Å². The summed E-state index contributed by atoms with van der Waals surface area (Å²) >= 11 is 0. The number of hydrogen-bond donors (Lipinski definition) is 0. The lowest BCUT2D eigenvalue weighted by Gasteiger charge is -2.13. The van der Waals surface area contributed by atoms with Gasteiger partial charge in [0.05, 0.1) is 20.7 Å². The fraction of sp³-hybridized carbons (Fsp3) is 0.500. The highest BCUT2D eigenvalue weighted by atomic mass is 16.5. The van der Waals surface area contributed by atoms with Gasteiger partial charge in [0.2, 0.25) is 0 Å². The summed E-state index contributed by atoms with van der Waals surface area (Å²) in [4.78, 5) is 9.90. The molecule has 0 aliphatic carbocycles. The Morgan fingerprint density at radius 2 is 2.88 bits per heavy atom. The Bertz CT molecular complexity index is 171. The van der Waals surface area contributed by atoms with Crippen LogP contribution in [0.4, 0.5) is 0 Å². The van der Waals surface area contributed by atoms with Crippen molar-refractivity contribution in [3.63, 3.8) is 0 Å². The zero-order chi connectivity index (χ0) is 7.61. The molecule has 0 bridgehead atoms. The van der Waals surface area contributed by atoms with Crippen LogP contribution in [-0.2, 0) is 4.74 Å². The Kier molecular flexibility index (Phi) is 0.881. The maximum Gasteiger partial charge on any atom is 0.107 e. The zero-order valence-electron chi connectivity index (χ0n) is 6.07. The third kappa shape index (κ3) is 0.959. The van der Waals surface area contributed by atoms with Gasteiger partial charge in [0.15, 0.2) is 0 Å². The Morgan fingerprint density at radius 3 is 3.38 bits per heavy atom. The van der Waals surface area contributed by atoms with Crippen molar-refractivity contribution in [3.8, 4) is 0 Å². The molecular weight excluding hydrogens is 108 g/mol. The minimum Gasteiger partial charge on any atom is -0.498 e. The first kappa shape index (κ1) is 3.06. The van der Waals surface area contributed by atoms with Crippen LogP contribution in [0, 0.1) is 4.91 Å². The standard InChI is InChI=1S/C4H6N2O2/c7-5-6-1-3-8-4-2-6/h1,3H,2,4H2/i2D2. The van der Waals surface area contributed by atoms with Crippen molar-refractivity contribution in [1.29, 1.82) is 0 Å². The first-order valence-electron chi connectivity index (χ1n) is 3.08. The van der Waals surface area contributed by atoms with E-state index >= 15 is 0 Å². The quantitative estimate of drug-likeness (QED) is 0.467. The average Bonchev–Trinajstić information content (AvgIpc) is 1.87. The van der Waals surface area contributed by atoms with Crippen LogP contribution in [0.5, 0.6) is 0 Å². The number of rotatable bonds is 1. The van der Waals surface area contributed by atoms with E-state index in [2.05, 4.69) is 10.0 Å². The summed E-state index contributed by atoms with van der Waals surface area (Å²) in [6.07, 6.45) is 2.37. The molecule has 0 fully saturated rings. The van der Waals surface area contributed by atoms with Gasteiger partial charge in [-0.2, -0.15) is 0 Å². The number of ether oxygens (including phenoxy) is 1. The topological polar surface area (TPSA) is 41.9 Å². The van der Waals surface area contributed by atoms with Crippen LogP contribution in [0.2, 0.25) is 0 Å². The molecule has 0 radical (unpaired) electrons. The average molecular weight is 116 g/mol. The second-order valence-electron chi connectivity index (χ2n) is 1.18. The van der Waals surface area contributed by atoms with Gasteiger partial charge in [0.1, 0.15) is 12.9 Å². The van der Waals surface area contributed by atoms with Crippen LogP contribution >= 0.6 is 0 Å². The fourth-order valence-corrected chi connectivity index (χ4v) is 0.361. The maximum absolute atomic E-state index is 9.90.